The van der Waals surface area contributed by atoms with Crippen LogP contribution >= 0.6 is 23.2 Å². The van der Waals surface area contributed by atoms with E-state index in [1.165, 1.54) is 0 Å². The summed E-state index contributed by atoms with van der Waals surface area (Å²) in [6.07, 6.45) is 5.47. The Labute approximate surface area is 233 Å². The fourth-order valence-electron chi connectivity index (χ4n) is 5.69. The van der Waals surface area contributed by atoms with Gasteiger partial charge < -0.3 is 15.4 Å². The number of pyridine rings is 1. The number of anilines is 1. The lowest BCUT2D eigenvalue weighted by molar-refractivity contribution is 0.0821. The molecule has 1 aliphatic carbocycles. The number of alkyl halides is 1. The smallest absolute Gasteiger partial charge is 0.166 e. The lowest BCUT2D eigenvalue weighted by Gasteiger charge is -2.32. The highest BCUT2D eigenvalue weighted by atomic mass is 35.5. The van der Waals surface area contributed by atoms with Gasteiger partial charge in [0.05, 0.1) is 0 Å². The zero-order chi connectivity index (χ0) is 26.6. The van der Waals surface area contributed by atoms with Crippen LogP contribution in [-0.2, 0) is 6.61 Å². The van der Waals surface area contributed by atoms with E-state index in [1.54, 1.807) is 24.4 Å². The van der Waals surface area contributed by atoms with Gasteiger partial charge in [-0.3, -0.25) is 4.79 Å². The minimum absolute atomic E-state index is 0.00401. The average molecular weight is 557 g/mol. The van der Waals surface area contributed by atoms with Gasteiger partial charge in [0.15, 0.2) is 17.4 Å². The highest BCUT2D eigenvalue weighted by Crippen LogP contribution is 2.36. The van der Waals surface area contributed by atoms with E-state index >= 15 is 0 Å². The van der Waals surface area contributed by atoms with Crippen LogP contribution in [0.15, 0.2) is 54.7 Å². The van der Waals surface area contributed by atoms with Gasteiger partial charge in [0, 0.05) is 51.9 Å². The van der Waals surface area contributed by atoms with Crippen molar-refractivity contribution in [1.29, 1.82) is 0 Å². The van der Waals surface area contributed by atoms with Gasteiger partial charge in [0.1, 0.15) is 12.8 Å². The summed E-state index contributed by atoms with van der Waals surface area (Å²) < 4.78 is 19.8. The van der Waals surface area contributed by atoms with Crippen LogP contribution in [0.5, 0.6) is 5.75 Å². The molecule has 0 radical (unpaired) electrons. The van der Waals surface area contributed by atoms with E-state index in [1.807, 2.05) is 30.3 Å². The number of piperidine rings is 1. The number of carbonyl (C=O) groups excluding carboxylic acids is 1. The van der Waals surface area contributed by atoms with Crippen molar-refractivity contribution in [3.63, 3.8) is 0 Å². The van der Waals surface area contributed by atoms with E-state index in [9.17, 15) is 9.18 Å². The molecule has 200 valence electrons. The Morgan fingerprint density at radius 3 is 2.55 bits per heavy atom. The summed E-state index contributed by atoms with van der Waals surface area (Å²) >= 11 is 12.5. The third-order valence-corrected chi connectivity index (χ3v) is 8.46. The Kier molecular flexibility index (Phi) is 8.51. The number of rotatable bonds is 8. The number of aromatic nitrogens is 1. The first-order chi connectivity index (χ1) is 18.4. The molecule has 0 spiro atoms. The summed E-state index contributed by atoms with van der Waals surface area (Å²) in [6.45, 7) is 2.40. The molecule has 3 aromatic rings. The number of halogens is 3. The fourth-order valence-corrected chi connectivity index (χ4v) is 6.19. The summed E-state index contributed by atoms with van der Waals surface area (Å²) in [7, 11) is 0. The first-order valence-corrected chi connectivity index (χ1v) is 14.0. The van der Waals surface area contributed by atoms with Crippen LogP contribution in [0.1, 0.15) is 48.0 Å². The second-order valence-corrected chi connectivity index (χ2v) is 11.1. The molecule has 3 atom stereocenters. The molecule has 1 aromatic heterocycles. The van der Waals surface area contributed by atoms with Gasteiger partial charge >= 0.3 is 0 Å². The standard InChI is InChI=1S/C30H32Cl2FN3O2/c31-26-7-2-8-27(32)25(26)18-38-28-14-22(15-35-30(28)34)19-9-11-20(12-10-19)29(37)24-6-1-4-21(24)16-36-13-3-5-23(33)17-36/h2,7-12,14-15,21,23-24H,1,3-6,13,16-18H2,(H2,34,35). The molecule has 2 aromatic carbocycles. The van der Waals surface area contributed by atoms with Crippen LogP contribution in [0.25, 0.3) is 11.1 Å². The van der Waals surface area contributed by atoms with Gasteiger partial charge in [-0.05, 0) is 61.9 Å². The monoisotopic (exact) mass is 555 g/mol. The fraction of sp³-hybridized carbons (Fsp3) is 0.400. The van der Waals surface area contributed by atoms with E-state index in [0.717, 1.165) is 49.9 Å². The van der Waals surface area contributed by atoms with Gasteiger partial charge in [-0.25, -0.2) is 9.37 Å². The van der Waals surface area contributed by atoms with Crippen LogP contribution in [0.3, 0.4) is 0 Å². The summed E-state index contributed by atoms with van der Waals surface area (Å²) in [6, 6.07) is 14.7. The number of Topliss-reactive ketones (excluding diaryl/α,β-unsaturated/α-hetero) is 1. The molecule has 5 nitrogen and oxygen atoms in total. The number of hydrogen-bond acceptors (Lipinski definition) is 5. The van der Waals surface area contributed by atoms with Crippen LogP contribution in [0, 0.1) is 11.8 Å². The molecule has 0 amide bonds. The molecule has 1 aliphatic heterocycles. The zero-order valence-electron chi connectivity index (χ0n) is 21.2. The first kappa shape index (κ1) is 26.9. The molecule has 2 aliphatic rings. The summed E-state index contributed by atoms with van der Waals surface area (Å²) in [5.74, 6) is 1.17. The van der Waals surface area contributed by atoms with Gasteiger partial charge in [-0.1, -0.05) is 60.0 Å². The highest BCUT2D eigenvalue weighted by molar-refractivity contribution is 6.35. The zero-order valence-corrected chi connectivity index (χ0v) is 22.7. The maximum absolute atomic E-state index is 13.9. The maximum Gasteiger partial charge on any atom is 0.166 e. The van der Waals surface area contributed by atoms with E-state index in [4.69, 9.17) is 33.7 Å². The quantitative estimate of drug-likeness (QED) is 0.296. The van der Waals surface area contributed by atoms with E-state index in [0.29, 0.717) is 45.8 Å². The van der Waals surface area contributed by atoms with Gasteiger partial charge in [0.2, 0.25) is 0 Å². The predicted octanol–water partition coefficient (Wildman–Crippen LogP) is 7.25. The van der Waals surface area contributed by atoms with Crippen molar-refractivity contribution in [1.82, 2.24) is 9.88 Å². The number of carbonyl (C=O) groups is 1. The lowest BCUT2D eigenvalue weighted by Crippen LogP contribution is -2.40. The summed E-state index contributed by atoms with van der Waals surface area (Å²) in [5.41, 5.74) is 9.17. The van der Waals surface area contributed by atoms with E-state index < -0.39 is 6.17 Å². The summed E-state index contributed by atoms with van der Waals surface area (Å²) in [4.78, 5) is 19.9. The molecular formula is C30H32Cl2FN3O2. The van der Waals surface area contributed by atoms with Crippen molar-refractivity contribution < 1.29 is 13.9 Å². The minimum Gasteiger partial charge on any atom is -0.485 e. The molecule has 3 unspecified atom stereocenters. The highest BCUT2D eigenvalue weighted by Gasteiger charge is 2.35. The Hall–Kier alpha value is -2.67. The second-order valence-electron chi connectivity index (χ2n) is 10.3. The number of benzene rings is 2. The molecule has 0 bridgehead atoms. The van der Waals surface area contributed by atoms with Crippen LogP contribution in [0.4, 0.5) is 10.2 Å². The largest absolute Gasteiger partial charge is 0.485 e. The van der Waals surface area contributed by atoms with E-state index in [2.05, 4.69) is 9.88 Å². The van der Waals surface area contributed by atoms with E-state index in [-0.39, 0.29) is 24.1 Å². The third kappa shape index (κ3) is 6.14. The Bertz CT molecular complexity index is 1270. The van der Waals surface area contributed by atoms with Crippen LogP contribution in [-0.4, -0.2) is 41.5 Å². The molecule has 38 heavy (non-hydrogen) atoms. The second kappa shape index (κ2) is 12.0. The van der Waals surface area contributed by atoms with Crippen molar-refractivity contribution in [2.75, 3.05) is 25.4 Å². The SMILES string of the molecule is Nc1ncc(-c2ccc(C(=O)C3CCCC3CN3CCCC(F)C3)cc2)cc1OCc1c(Cl)cccc1Cl. The molecule has 8 heteroatoms. The molecule has 1 saturated heterocycles. The van der Waals surface area contributed by atoms with Crippen molar-refractivity contribution in [2.45, 2.75) is 44.9 Å². The predicted molar refractivity (Wildman–Crippen MR) is 151 cm³/mol. The lowest BCUT2D eigenvalue weighted by atomic mass is 9.87. The number of ketones is 1. The minimum atomic E-state index is -0.741. The van der Waals surface area contributed by atoms with Gasteiger partial charge in [-0.2, -0.15) is 0 Å². The maximum atomic E-state index is 13.9. The average Bonchev–Trinajstić information content (AvgIpc) is 3.37. The van der Waals surface area contributed by atoms with Gasteiger partial charge in [0.25, 0.3) is 0 Å². The third-order valence-electron chi connectivity index (χ3n) is 7.75. The van der Waals surface area contributed by atoms with Crippen molar-refractivity contribution >= 4 is 34.8 Å². The normalized spacial score (nSPS) is 21.9. The molecule has 2 N–H and O–H groups in total. The number of nitrogens with two attached hydrogens (primary N) is 1. The Balaban J connectivity index is 1.26. The van der Waals surface area contributed by atoms with Crippen molar-refractivity contribution in [3.05, 3.63) is 75.9 Å². The Morgan fingerprint density at radius 2 is 1.82 bits per heavy atom. The van der Waals surface area contributed by atoms with Crippen molar-refractivity contribution in [2.24, 2.45) is 11.8 Å². The Morgan fingerprint density at radius 1 is 1.05 bits per heavy atom. The number of likely N-dealkylation sites (tertiary alicyclic amines) is 1. The number of hydrogen-bond donors (Lipinski definition) is 1. The number of nitrogen functional groups attached to an aromatic ring is 1. The summed E-state index contributed by atoms with van der Waals surface area (Å²) in [5, 5.41) is 1.04. The molecule has 2 fully saturated rings. The molecule has 2 heterocycles. The van der Waals surface area contributed by atoms with Crippen LogP contribution in [0.2, 0.25) is 10.0 Å². The number of nitrogens with zero attached hydrogens (tertiary/aromatic N) is 2. The molecule has 5 rings (SSSR count). The first-order valence-electron chi connectivity index (χ1n) is 13.2. The molecular weight excluding hydrogens is 524 g/mol. The topological polar surface area (TPSA) is 68.5 Å². The van der Waals surface area contributed by atoms with Gasteiger partial charge in [-0.15, -0.1) is 0 Å². The molecule has 1 saturated carbocycles. The van der Waals surface area contributed by atoms with Crippen LogP contribution < -0.4 is 10.5 Å². The number of ether oxygens (including phenoxy) is 1. The van der Waals surface area contributed by atoms with Crippen molar-refractivity contribution in [3.8, 4) is 16.9 Å².